The minimum Gasteiger partial charge on any atom is -0.338 e. The molecule has 3 rings (SSSR count). The van der Waals surface area contributed by atoms with Gasteiger partial charge in [-0.25, -0.2) is 0 Å². The first-order valence-corrected chi connectivity index (χ1v) is 8.05. The molecule has 0 spiro atoms. The number of thioether (sulfide) groups is 1. The highest BCUT2D eigenvalue weighted by Gasteiger charge is 2.16. The van der Waals surface area contributed by atoms with Crippen LogP contribution >= 0.6 is 23.4 Å². The summed E-state index contributed by atoms with van der Waals surface area (Å²) in [6, 6.07) is 7.30. The summed E-state index contributed by atoms with van der Waals surface area (Å²) < 4.78 is 10.4. The van der Waals surface area contributed by atoms with Gasteiger partial charge < -0.3 is 9.05 Å². The lowest BCUT2D eigenvalue weighted by Crippen LogP contribution is -1.92. The van der Waals surface area contributed by atoms with Gasteiger partial charge in [0.25, 0.3) is 5.89 Å². The topological polar surface area (TPSA) is 77.8 Å². The second kappa shape index (κ2) is 6.50. The predicted molar refractivity (Wildman–Crippen MR) is 83.5 cm³/mol. The number of nitrogens with zero attached hydrogens (tertiary/aromatic N) is 4. The quantitative estimate of drug-likeness (QED) is 0.694. The van der Waals surface area contributed by atoms with Crippen LogP contribution in [0, 0.1) is 6.92 Å². The monoisotopic (exact) mass is 336 g/mol. The molecule has 0 saturated carbocycles. The van der Waals surface area contributed by atoms with Crippen LogP contribution in [0.15, 0.2) is 33.3 Å². The molecule has 3 aromatic rings. The lowest BCUT2D eigenvalue weighted by molar-refractivity contribution is 0.376. The third-order valence-corrected chi connectivity index (χ3v) is 4.25. The van der Waals surface area contributed by atoms with Crippen LogP contribution in [-0.4, -0.2) is 20.3 Å². The zero-order valence-electron chi connectivity index (χ0n) is 12.0. The Bertz CT molecular complexity index is 774. The van der Waals surface area contributed by atoms with Crippen LogP contribution in [-0.2, 0) is 5.75 Å². The summed E-state index contributed by atoms with van der Waals surface area (Å²) >= 11 is 7.56. The molecule has 0 amide bonds. The van der Waals surface area contributed by atoms with Gasteiger partial charge in [0.1, 0.15) is 0 Å². The third-order valence-electron chi connectivity index (χ3n) is 2.89. The lowest BCUT2D eigenvalue weighted by Gasteiger charge is -2.02. The van der Waals surface area contributed by atoms with Gasteiger partial charge in [-0.05, 0) is 32.0 Å². The Morgan fingerprint density at radius 2 is 2.09 bits per heavy atom. The maximum absolute atomic E-state index is 5.96. The number of hydrogen-bond donors (Lipinski definition) is 0. The number of halogens is 1. The van der Waals surface area contributed by atoms with Crippen molar-refractivity contribution in [3.05, 3.63) is 46.8 Å². The van der Waals surface area contributed by atoms with Crippen LogP contribution < -0.4 is 0 Å². The van der Waals surface area contributed by atoms with E-state index >= 15 is 0 Å². The van der Waals surface area contributed by atoms with Crippen LogP contribution in [0.3, 0.4) is 0 Å². The summed E-state index contributed by atoms with van der Waals surface area (Å²) in [4.78, 5) is 8.58. The third kappa shape index (κ3) is 3.48. The highest BCUT2D eigenvalue weighted by molar-refractivity contribution is 7.98. The summed E-state index contributed by atoms with van der Waals surface area (Å²) in [6.07, 6.45) is 0. The van der Waals surface area contributed by atoms with Gasteiger partial charge in [0.05, 0.1) is 11.0 Å². The molecule has 0 N–H and O–H groups in total. The molecule has 114 valence electrons. The van der Waals surface area contributed by atoms with Crippen molar-refractivity contribution in [3.63, 3.8) is 0 Å². The molecular weight excluding hydrogens is 324 g/mol. The van der Waals surface area contributed by atoms with Crippen molar-refractivity contribution in [2.75, 3.05) is 0 Å². The SMILES string of the molecule is Cc1noc([C@@H](C)SCc2noc(-c3cccc(Cl)c3)n2)n1. The van der Waals surface area contributed by atoms with E-state index in [-0.39, 0.29) is 5.25 Å². The first-order valence-electron chi connectivity index (χ1n) is 6.62. The molecule has 0 aliphatic carbocycles. The van der Waals surface area contributed by atoms with Crippen molar-refractivity contribution < 1.29 is 9.05 Å². The molecule has 0 fully saturated rings. The molecule has 0 saturated heterocycles. The fourth-order valence-electron chi connectivity index (χ4n) is 1.80. The van der Waals surface area contributed by atoms with E-state index < -0.39 is 0 Å². The Balaban J connectivity index is 1.65. The highest BCUT2D eigenvalue weighted by Crippen LogP contribution is 2.30. The van der Waals surface area contributed by atoms with Gasteiger partial charge in [-0.15, -0.1) is 11.8 Å². The Morgan fingerprint density at radius 1 is 1.23 bits per heavy atom. The molecule has 1 atom stereocenters. The summed E-state index contributed by atoms with van der Waals surface area (Å²) in [7, 11) is 0. The van der Waals surface area contributed by atoms with Gasteiger partial charge >= 0.3 is 0 Å². The Hall–Kier alpha value is -1.86. The molecule has 0 unspecified atom stereocenters. The Kier molecular flexibility index (Phi) is 4.44. The van der Waals surface area contributed by atoms with E-state index in [1.807, 2.05) is 19.1 Å². The number of benzene rings is 1. The maximum Gasteiger partial charge on any atom is 0.258 e. The maximum atomic E-state index is 5.96. The fourth-order valence-corrected chi connectivity index (χ4v) is 2.75. The molecule has 22 heavy (non-hydrogen) atoms. The van der Waals surface area contributed by atoms with E-state index in [1.54, 1.807) is 30.8 Å². The van der Waals surface area contributed by atoms with Gasteiger partial charge in [0, 0.05) is 10.6 Å². The average molecular weight is 337 g/mol. The van der Waals surface area contributed by atoms with Crippen LogP contribution in [0.1, 0.15) is 29.7 Å². The molecule has 2 heterocycles. The van der Waals surface area contributed by atoms with Crippen molar-refractivity contribution in [1.82, 2.24) is 20.3 Å². The van der Waals surface area contributed by atoms with Crippen molar-refractivity contribution >= 4 is 23.4 Å². The second-order valence-electron chi connectivity index (χ2n) is 4.66. The van der Waals surface area contributed by atoms with Crippen molar-refractivity contribution in [2.45, 2.75) is 24.9 Å². The molecule has 0 bridgehead atoms. The smallest absolute Gasteiger partial charge is 0.258 e. The van der Waals surface area contributed by atoms with Crippen molar-refractivity contribution in [3.8, 4) is 11.5 Å². The van der Waals surface area contributed by atoms with E-state index in [1.165, 1.54) is 0 Å². The minimum absolute atomic E-state index is 0.0642. The molecule has 2 aromatic heterocycles. The molecule has 8 heteroatoms. The number of rotatable bonds is 5. The lowest BCUT2D eigenvalue weighted by atomic mass is 10.2. The molecule has 1 aromatic carbocycles. The van der Waals surface area contributed by atoms with Crippen molar-refractivity contribution in [2.24, 2.45) is 0 Å². The highest BCUT2D eigenvalue weighted by atomic mass is 35.5. The summed E-state index contributed by atoms with van der Waals surface area (Å²) in [5.74, 6) is 2.89. The van der Waals surface area contributed by atoms with Crippen LogP contribution in [0.5, 0.6) is 0 Å². The average Bonchev–Trinajstić information content (AvgIpc) is 3.14. The number of aromatic nitrogens is 4. The standard InChI is InChI=1S/C14H13ClN4O2S/c1-8(13-16-9(2)18-20-13)22-7-12-17-14(21-19-12)10-4-3-5-11(15)6-10/h3-6,8H,7H2,1-2H3/t8-/m1/s1. The van der Waals surface area contributed by atoms with E-state index in [4.69, 9.17) is 20.6 Å². The first-order chi connectivity index (χ1) is 10.6. The van der Waals surface area contributed by atoms with Crippen LogP contribution in [0.4, 0.5) is 0 Å². The predicted octanol–water partition coefficient (Wildman–Crippen LogP) is 4.08. The molecule has 6 nitrogen and oxygen atoms in total. The van der Waals surface area contributed by atoms with Crippen molar-refractivity contribution in [1.29, 1.82) is 0 Å². The largest absolute Gasteiger partial charge is 0.338 e. The first kappa shape index (κ1) is 15.1. The number of aryl methyl sites for hydroxylation is 1. The van der Waals surface area contributed by atoms with Gasteiger partial charge in [0.15, 0.2) is 11.6 Å². The summed E-state index contributed by atoms with van der Waals surface area (Å²) in [5, 5.41) is 8.46. The van der Waals surface area contributed by atoms with E-state index in [2.05, 4.69) is 20.3 Å². The van der Waals surface area contributed by atoms with E-state index in [0.29, 0.717) is 34.2 Å². The molecule has 0 radical (unpaired) electrons. The normalized spacial score (nSPS) is 12.5. The van der Waals surface area contributed by atoms with E-state index in [9.17, 15) is 0 Å². The van der Waals surface area contributed by atoms with Gasteiger partial charge in [0.2, 0.25) is 5.89 Å². The van der Waals surface area contributed by atoms with Gasteiger partial charge in [-0.1, -0.05) is 28.0 Å². The second-order valence-corrected chi connectivity index (χ2v) is 6.42. The van der Waals surface area contributed by atoms with Crippen LogP contribution in [0.2, 0.25) is 5.02 Å². The fraction of sp³-hybridized carbons (Fsp3) is 0.286. The van der Waals surface area contributed by atoms with Crippen LogP contribution in [0.25, 0.3) is 11.5 Å². The number of hydrogen-bond acceptors (Lipinski definition) is 7. The molecule has 0 aliphatic heterocycles. The van der Waals surface area contributed by atoms with Gasteiger partial charge in [-0.3, -0.25) is 0 Å². The summed E-state index contributed by atoms with van der Waals surface area (Å²) in [5.41, 5.74) is 0.803. The minimum atomic E-state index is 0.0642. The zero-order valence-corrected chi connectivity index (χ0v) is 13.6. The summed E-state index contributed by atoms with van der Waals surface area (Å²) in [6.45, 7) is 3.79. The van der Waals surface area contributed by atoms with E-state index in [0.717, 1.165) is 5.56 Å². The molecular formula is C14H13ClN4O2S. The Morgan fingerprint density at radius 3 is 2.82 bits per heavy atom. The zero-order chi connectivity index (χ0) is 15.5. The Labute approximate surface area is 136 Å². The molecule has 0 aliphatic rings. The van der Waals surface area contributed by atoms with Gasteiger partial charge in [-0.2, -0.15) is 9.97 Å².